The van der Waals surface area contributed by atoms with E-state index in [1.807, 2.05) is 0 Å². The molecular weight excluding hydrogens is 460 g/mol. The van der Waals surface area contributed by atoms with E-state index >= 15 is 0 Å². The van der Waals surface area contributed by atoms with E-state index in [0.717, 1.165) is 0 Å². The third-order valence-corrected chi connectivity index (χ3v) is 7.39. The van der Waals surface area contributed by atoms with Crippen LogP contribution in [-0.2, 0) is 16.2 Å². The zero-order valence-corrected chi connectivity index (χ0v) is 19.1. The number of nitrogens with one attached hydrogen (secondary N) is 1. The van der Waals surface area contributed by atoms with Crippen LogP contribution in [0.5, 0.6) is 5.75 Å². The number of carbonyl (C=O) groups is 2. The number of hydrogen-bond acceptors (Lipinski definition) is 4. The third-order valence-electron chi connectivity index (χ3n) is 5.97. The topological polar surface area (TPSA) is 61.9 Å². The molecule has 9 heteroatoms. The lowest BCUT2D eigenvalue weighted by atomic mass is 10.1. The number of carbonyl (C=O) groups excluding carboxylic acids is 2. The first-order valence-electron chi connectivity index (χ1n) is 10.7. The van der Waals surface area contributed by atoms with Crippen molar-refractivity contribution < 1.29 is 23.1 Å². The number of methoxy groups -OCH3 is 1. The molecule has 1 N–H and O–H groups in total. The SMILES string of the molecule is COc1ccc2c(c1)[C@]1(SCCN1C(=O)Nc1ccc(F)cc1)C(=O)N2Cc1cccc(F)c1. The first-order valence-corrected chi connectivity index (χ1v) is 11.6. The van der Waals surface area contributed by atoms with E-state index in [9.17, 15) is 18.4 Å². The number of halogens is 2. The smallest absolute Gasteiger partial charge is 0.323 e. The number of benzene rings is 3. The van der Waals surface area contributed by atoms with Crippen molar-refractivity contribution in [3.8, 4) is 5.75 Å². The monoisotopic (exact) mass is 481 g/mol. The Labute approximate surface area is 199 Å². The van der Waals surface area contributed by atoms with Gasteiger partial charge < -0.3 is 15.0 Å². The quantitative estimate of drug-likeness (QED) is 0.573. The number of nitrogens with zero attached hydrogens (tertiary/aromatic N) is 2. The molecule has 1 saturated heterocycles. The van der Waals surface area contributed by atoms with Gasteiger partial charge in [-0.25, -0.2) is 13.6 Å². The van der Waals surface area contributed by atoms with Gasteiger partial charge >= 0.3 is 6.03 Å². The Morgan fingerprint density at radius 3 is 2.62 bits per heavy atom. The molecule has 0 aromatic heterocycles. The summed E-state index contributed by atoms with van der Waals surface area (Å²) in [5.74, 6) is 0.0322. The fourth-order valence-corrected chi connectivity index (χ4v) is 5.87. The Morgan fingerprint density at radius 2 is 1.88 bits per heavy atom. The fourth-order valence-electron chi connectivity index (χ4n) is 4.42. The summed E-state index contributed by atoms with van der Waals surface area (Å²) >= 11 is 1.37. The van der Waals surface area contributed by atoms with Gasteiger partial charge in [-0.1, -0.05) is 12.1 Å². The normalized spacial score (nSPS) is 19.0. The van der Waals surface area contributed by atoms with E-state index in [4.69, 9.17) is 4.74 Å². The van der Waals surface area contributed by atoms with E-state index in [1.165, 1.54) is 60.2 Å². The molecule has 1 atom stereocenters. The molecule has 0 aliphatic carbocycles. The molecule has 6 nitrogen and oxygen atoms in total. The molecule has 0 bridgehead atoms. The summed E-state index contributed by atoms with van der Waals surface area (Å²) in [4.78, 5) is 29.1. The van der Waals surface area contributed by atoms with Crippen LogP contribution in [0.15, 0.2) is 66.7 Å². The number of urea groups is 1. The molecule has 174 valence electrons. The summed E-state index contributed by atoms with van der Waals surface area (Å²) < 4.78 is 32.5. The van der Waals surface area contributed by atoms with Gasteiger partial charge in [0.15, 0.2) is 4.87 Å². The maximum Gasteiger partial charge on any atom is 0.323 e. The minimum absolute atomic E-state index is 0.158. The Hall–Kier alpha value is -3.59. The van der Waals surface area contributed by atoms with Crippen LogP contribution in [0.25, 0.3) is 0 Å². The summed E-state index contributed by atoms with van der Waals surface area (Å²) in [6.45, 7) is 0.500. The minimum Gasteiger partial charge on any atom is -0.497 e. The lowest BCUT2D eigenvalue weighted by molar-refractivity contribution is -0.123. The summed E-state index contributed by atoms with van der Waals surface area (Å²) in [5, 5.41) is 2.77. The lowest BCUT2D eigenvalue weighted by Crippen LogP contribution is -2.51. The van der Waals surface area contributed by atoms with Gasteiger partial charge in [-0.15, -0.1) is 11.8 Å². The van der Waals surface area contributed by atoms with Crippen LogP contribution in [0.4, 0.5) is 25.0 Å². The van der Waals surface area contributed by atoms with Crippen molar-refractivity contribution in [3.05, 3.63) is 89.5 Å². The van der Waals surface area contributed by atoms with Crippen LogP contribution in [0.1, 0.15) is 11.1 Å². The largest absolute Gasteiger partial charge is 0.497 e. The van der Waals surface area contributed by atoms with E-state index in [2.05, 4.69) is 5.32 Å². The Kier molecular flexibility index (Phi) is 5.65. The summed E-state index contributed by atoms with van der Waals surface area (Å²) in [5.41, 5.74) is 2.35. The fraction of sp³-hybridized carbons (Fsp3) is 0.200. The third kappa shape index (κ3) is 3.66. The predicted molar refractivity (Wildman–Crippen MR) is 127 cm³/mol. The Balaban J connectivity index is 1.54. The van der Waals surface area contributed by atoms with Crippen molar-refractivity contribution in [2.45, 2.75) is 11.4 Å². The molecular formula is C25H21F2N3O3S. The highest BCUT2D eigenvalue weighted by molar-refractivity contribution is 8.01. The van der Waals surface area contributed by atoms with E-state index in [1.54, 1.807) is 35.2 Å². The second-order valence-corrected chi connectivity index (χ2v) is 9.27. The van der Waals surface area contributed by atoms with E-state index < -0.39 is 16.7 Å². The number of ether oxygens (including phenoxy) is 1. The molecule has 5 rings (SSSR count). The standard InChI is InChI=1S/C25H21F2N3O3S/c1-33-20-9-10-22-21(14-20)25(23(31)29(22)15-16-3-2-4-18(27)13-16)30(11-12-34-25)24(32)28-19-7-5-17(26)6-8-19/h2-10,13-14H,11-12,15H2,1H3,(H,28,32)/t25-/m0/s1. The number of anilines is 2. The summed E-state index contributed by atoms with van der Waals surface area (Å²) in [6.07, 6.45) is 0. The zero-order valence-electron chi connectivity index (χ0n) is 18.3. The highest BCUT2D eigenvalue weighted by Gasteiger charge is 2.59. The van der Waals surface area contributed by atoms with Gasteiger partial charge in [0.1, 0.15) is 17.4 Å². The van der Waals surface area contributed by atoms with Gasteiger partial charge in [-0.2, -0.15) is 0 Å². The summed E-state index contributed by atoms with van der Waals surface area (Å²) in [6, 6.07) is 16.4. The van der Waals surface area contributed by atoms with Crippen molar-refractivity contribution in [2.75, 3.05) is 29.6 Å². The van der Waals surface area contributed by atoms with Crippen molar-refractivity contribution >= 4 is 35.1 Å². The van der Waals surface area contributed by atoms with Crippen molar-refractivity contribution in [2.24, 2.45) is 0 Å². The number of thioether (sulfide) groups is 1. The molecule has 0 saturated carbocycles. The molecule has 3 aromatic carbocycles. The van der Waals surface area contributed by atoms with Crippen LogP contribution in [0.2, 0.25) is 0 Å². The molecule has 2 aliphatic rings. The van der Waals surface area contributed by atoms with Crippen LogP contribution in [-0.4, -0.2) is 36.2 Å². The molecule has 34 heavy (non-hydrogen) atoms. The second kappa shape index (κ2) is 8.64. The van der Waals surface area contributed by atoms with Gasteiger partial charge in [-0.3, -0.25) is 9.69 Å². The molecule has 2 heterocycles. The molecule has 0 radical (unpaired) electrons. The Morgan fingerprint density at radius 1 is 1.09 bits per heavy atom. The molecule has 3 aromatic rings. The number of rotatable bonds is 4. The van der Waals surface area contributed by atoms with Crippen LogP contribution in [0, 0.1) is 11.6 Å². The van der Waals surface area contributed by atoms with Crippen molar-refractivity contribution in [3.63, 3.8) is 0 Å². The van der Waals surface area contributed by atoms with Gasteiger partial charge in [0, 0.05) is 23.5 Å². The van der Waals surface area contributed by atoms with Crippen molar-refractivity contribution in [1.82, 2.24) is 4.90 Å². The van der Waals surface area contributed by atoms with Gasteiger partial charge in [0.05, 0.1) is 19.3 Å². The zero-order chi connectivity index (χ0) is 23.9. The highest BCUT2D eigenvalue weighted by atomic mass is 32.2. The van der Waals surface area contributed by atoms with Gasteiger partial charge in [0.2, 0.25) is 0 Å². The number of fused-ring (bicyclic) bond motifs is 2. The maximum absolute atomic E-state index is 14.0. The first kappa shape index (κ1) is 22.2. The molecule has 3 amide bonds. The predicted octanol–water partition coefficient (Wildman–Crippen LogP) is 4.95. The van der Waals surface area contributed by atoms with Gasteiger partial charge in [0.25, 0.3) is 5.91 Å². The maximum atomic E-state index is 14.0. The average Bonchev–Trinajstić information content (AvgIpc) is 3.37. The Bertz CT molecular complexity index is 1270. The van der Waals surface area contributed by atoms with Crippen LogP contribution < -0.4 is 15.0 Å². The molecule has 1 fully saturated rings. The van der Waals surface area contributed by atoms with E-state index in [0.29, 0.717) is 40.5 Å². The van der Waals surface area contributed by atoms with Crippen molar-refractivity contribution in [1.29, 1.82) is 0 Å². The number of amides is 3. The highest BCUT2D eigenvalue weighted by Crippen LogP contribution is 2.55. The first-order chi connectivity index (χ1) is 16.4. The molecule has 2 aliphatic heterocycles. The lowest BCUT2D eigenvalue weighted by Gasteiger charge is -2.33. The van der Waals surface area contributed by atoms with Crippen LogP contribution >= 0.6 is 11.8 Å². The van der Waals surface area contributed by atoms with Crippen LogP contribution in [0.3, 0.4) is 0 Å². The molecule has 1 spiro atoms. The average molecular weight is 482 g/mol. The summed E-state index contributed by atoms with van der Waals surface area (Å²) in [7, 11) is 1.54. The minimum atomic E-state index is -1.29. The van der Waals surface area contributed by atoms with Gasteiger partial charge in [-0.05, 0) is 60.2 Å². The van der Waals surface area contributed by atoms with E-state index in [-0.39, 0.29) is 18.3 Å². The second-order valence-electron chi connectivity index (χ2n) is 7.99. The number of hydrogen-bond donors (Lipinski definition) is 1. The molecule has 0 unspecified atom stereocenters.